The van der Waals surface area contributed by atoms with E-state index in [1.54, 1.807) is 7.11 Å². The van der Waals surface area contributed by atoms with E-state index < -0.39 is 0 Å². The van der Waals surface area contributed by atoms with E-state index in [0.29, 0.717) is 44.4 Å². The predicted molar refractivity (Wildman–Crippen MR) is 140 cm³/mol. The van der Waals surface area contributed by atoms with Gasteiger partial charge in [0.25, 0.3) is 5.91 Å². The Bertz CT molecular complexity index is 874. The van der Waals surface area contributed by atoms with Crippen LogP contribution in [0.4, 0.5) is 0 Å². The van der Waals surface area contributed by atoms with Crippen LogP contribution in [-0.4, -0.2) is 45.3 Å². The van der Waals surface area contributed by atoms with Crippen molar-refractivity contribution in [2.24, 2.45) is 4.99 Å². The van der Waals surface area contributed by atoms with E-state index in [-0.39, 0.29) is 29.9 Å². The molecule has 0 heterocycles. The van der Waals surface area contributed by atoms with Crippen molar-refractivity contribution < 1.29 is 14.3 Å². The van der Waals surface area contributed by atoms with Gasteiger partial charge < -0.3 is 25.4 Å². The van der Waals surface area contributed by atoms with E-state index in [9.17, 15) is 4.79 Å². The Balaban J connectivity index is 0.00000512. The Morgan fingerprint density at radius 3 is 2.50 bits per heavy atom. The third kappa shape index (κ3) is 9.44. The molecule has 0 radical (unpaired) electrons. The van der Waals surface area contributed by atoms with Crippen LogP contribution in [0.2, 0.25) is 0 Å². The van der Waals surface area contributed by atoms with E-state index in [1.165, 1.54) is 0 Å². The smallest absolute Gasteiger partial charge is 0.251 e. The van der Waals surface area contributed by atoms with Crippen LogP contribution in [0.1, 0.15) is 40.9 Å². The first-order chi connectivity index (χ1) is 15.1. The summed E-state index contributed by atoms with van der Waals surface area (Å²) < 4.78 is 11.0. The molecule has 0 fully saturated rings. The molecule has 0 bridgehead atoms. The van der Waals surface area contributed by atoms with Crippen molar-refractivity contribution in [3.8, 4) is 5.75 Å². The van der Waals surface area contributed by atoms with Crippen molar-refractivity contribution in [2.45, 2.75) is 33.9 Å². The van der Waals surface area contributed by atoms with Gasteiger partial charge in [0, 0.05) is 37.9 Å². The minimum absolute atomic E-state index is 0. The first-order valence-corrected chi connectivity index (χ1v) is 10.7. The fourth-order valence-electron chi connectivity index (χ4n) is 2.94. The highest BCUT2D eigenvalue weighted by Crippen LogP contribution is 2.20. The highest BCUT2D eigenvalue weighted by Gasteiger charge is 2.07. The summed E-state index contributed by atoms with van der Waals surface area (Å²) >= 11 is 0. The summed E-state index contributed by atoms with van der Waals surface area (Å²) in [5, 5.41) is 9.45. The van der Waals surface area contributed by atoms with Crippen LogP contribution < -0.4 is 20.7 Å². The molecule has 2 rings (SSSR count). The number of hydrogen-bond donors (Lipinski definition) is 3. The number of methoxy groups -OCH3 is 1. The van der Waals surface area contributed by atoms with E-state index in [0.717, 1.165) is 29.0 Å². The molecule has 2 aromatic rings. The number of aryl methyl sites for hydroxylation is 1. The summed E-state index contributed by atoms with van der Waals surface area (Å²) in [4.78, 5) is 16.7. The SMILES string of the molecule is CCNC(=O)c1cccc(CN=C(NCC)NCc2ccc(C)cc2OCCOC)c1.I. The van der Waals surface area contributed by atoms with Gasteiger partial charge in [-0.15, -0.1) is 24.0 Å². The first-order valence-electron chi connectivity index (χ1n) is 10.7. The molecule has 0 saturated carbocycles. The molecule has 176 valence electrons. The van der Waals surface area contributed by atoms with Gasteiger partial charge in [0.05, 0.1) is 13.2 Å². The standard InChI is InChI=1S/C24H34N4O3.HI/c1-5-25-23(29)20-9-7-8-19(15-20)16-27-24(26-6-2)28-17-21-11-10-18(3)14-22(21)31-13-12-30-4;/h7-11,14-15H,5-6,12-13,16-17H2,1-4H3,(H,25,29)(H2,26,27,28);1H. The van der Waals surface area contributed by atoms with E-state index in [1.807, 2.05) is 51.1 Å². The number of nitrogens with zero attached hydrogens (tertiary/aromatic N) is 1. The number of aliphatic imine (C=N–C) groups is 1. The summed E-state index contributed by atoms with van der Waals surface area (Å²) in [6, 6.07) is 13.7. The van der Waals surface area contributed by atoms with Gasteiger partial charge >= 0.3 is 0 Å². The topological polar surface area (TPSA) is 84.0 Å². The minimum atomic E-state index is -0.0706. The number of carbonyl (C=O) groups is 1. The number of amides is 1. The lowest BCUT2D eigenvalue weighted by Crippen LogP contribution is -2.36. The molecule has 0 aromatic heterocycles. The van der Waals surface area contributed by atoms with Crippen LogP contribution in [-0.2, 0) is 17.8 Å². The zero-order valence-corrected chi connectivity index (χ0v) is 21.7. The zero-order valence-electron chi connectivity index (χ0n) is 19.4. The summed E-state index contributed by atoms with van der Waals surface area (Å²) in [5.74, 6) is 1.48. The van der Waals surface area contributed by atoms with E-state index in [2.05, 4.69) is 33.1 Å². The van der Waals surface area contributed by atoms with Crippen molar-refractivity contribution in [2.75, 3.05) is 33.4 Å². The third-order valence-electron chi connectivity index (χ3n) is 4.50. The Morgan fingerprint density at radius 2 is 1.78 bits per heavy atom. The van der Waals surface area contributed by atoms with Crippen LogP contribution >= 0.6 is 24.0 Å². The Kier molecular flexibility index (Phi) is 13.4. The van der Waals surface area contributed by atoms with E-state index >= 15 is 0 Å². The molecule has 2 aromatic carbocycles. The zero-order chi connectivity index (χ0) is 22.5. The van der Waals surface area contributed by atoms with Gasteiger partial charge in [-0.1, -0.05) is 24.3 Å². The monoisotopic (exact) mass is 554 g/mol. The maximum Gasteiger partial charge on any atom is 0.251 e. The lowest BCUT2D eigenvalue weighted by molar-refractivity contribution is 0.0955. The van der Waals surface area contributed by atoms with Gasteiger partial charge in [-0.3, -0.25) is 4.79 Å². The third-order valence-corrected chi connectivity index (χ3v) is 4.50. The average molecular weight is 554 g/mol. The van der Waals surface area contributed by atoms with Crippen molar-refractivity contribution in [1.29, 1.82) is 0 Å². The number of hydrogen-bond acceptors (Lipinski definition) is 4. The molecule has 3 N–H and O–H groups in total. The number of nitrogens with one attached hydrogen (secondary N) is 3. The van der Waals surface area contributed by atoms with Crippen LogP contribution in [0, 0.1) is 6.92 Å². The quantitative estimate of drug-likeness (QED) is 0.171. The highest BCUT2D eigenvalue weighted by molar-refractivity contribution is 14.0. The Hall–Kier alpha value is -2.33. The number of benzene rings is 2. The molecule has 32 heavy (non-hydrogen) atoms. The lowest BCUT2D eigenvalue weighted by Gasteiger charge is -2.15. The minimum Gasteiger partial charge on any atom is -0.491 e. The van der Waals surface area contributed by atoms with Gasteiger partial charge in [0.15, 0.2) is 5.96 Å². The first kappa shape index (κ1) is 27.7. The molecule has 8 heteroatoms. The van der Waals surface area contributed by atoms with Crippen LogP contribution in [0.5, 0.6) is 5.75 Å². The summed E-state index contributed by atoms with van der Waals surface area (Å²) in [7, 11) is 1.66. The lowest BCUT2D eigenvalue weighted by atomic mass is 10.1. The molecule has 1 amide bonds. The molecule has 0 aliphatic heterocycles. The second-order valence-electron chi connectivity index (χ2n) is 7.06. The molecule has 0 aliphatic rings. The highest BCUT2D eigenvalue weighted by atomic mass is 127. The number of halogens is 1. The predicted octanol–water partition coefficient (Wildman–Crippen LogP) is 3.64. The van der Waals surface area contributed by atoms with Gasteiger partial charge in [0.2, 0.25) is 0 Å². The normalized spacial score (nSPS) is 10.8. The van der Waals surface area contributed by atoms with Crippen molar-refractivity contribution in [3.05, 3.63) is 64.7 Å². The van der Waals surface area contributed by atoms with Gasteiger partial charge in [-0.2, -0.15) is 0 Å². The molecule has 0 spiro atoms. The largest absolute Gasteiger partial charge is 0.491 e. The van der Waals surface area contributed by atoms with Crippen LogP contribution in [0.25, 0.3) is 0 Å². The van der Waals surface area contributed by atoms with Crippen molar-refractivity contribution in [3.63, 3.8) is 0 Å². The second kappa shape index (κ2) is 15.5. The number of guanidine groups is 1. The molecular formula is C24H35IN4O3. The second-order valence-corrected chi connectivity index (χ2v) is 7.06. The average Bonchev–Trinajstić information content (AvgIpc) is 2.77. The van der Waals surface area contributed by atoms with E-state index in [4.69, 9.17) is 9.47 Å². The number of rotatable bonds is 11. The Labute approximate surface area is 208 Å². The molecule has 0 saturated heterocycles. The summed E-state index contributed by atoms with van der Waals surface area (Å²) in [6.07, 6.45) is 0. The maximum absolute atomic E-state index is 12.1. The molecule has 0 atom stereocenters. The maximum atomic E-state index is 12.1. The molecule has 0 aliphatic carbocycles. The van der Waals surface area contributed by atoms with Crippen LogP contribution in [0.3, 0.4) is 0 Å². The fraction of sp³-hybridized carbons (Fsp3) is 0.417. The number of ether oxygens (including phenoxy) is 2. The summed E-state index contributed by atoms with van der Waals surface area (Å²) in [5.41, 5.74) is 3.80. The van der Waals surface area contributed by atoms with Gasteiger partial charge in [0.1, 0.15) is 12.4 Å². The van der Waals surface area contributed by atoms with Crippen molar-refractivity contribution in [1.82, 2.24) is 16.0 Å². The molecule has 0 unspecified atom stereocenters. The van der Waals surface area contributed by atoms with Gasteiger partial charge in [-0.05, 0) is 50.1 Å². The molecule has 7 nitrogen and oxygen atoms in total. The van der Waals surface area contributed by atoms with Crippen LogP contribution in [0.15, 0.2) is 47.5 Å². The molecular weight excluding hydrogens is 519 g/mol. The van der Waals surface area contributed by atoms with Crippen molar-refractivity contribution >= 4 is 35.8 Å². The van der Waals surface area contributed by atoms with Gasteiger partial charge in [-0.25, -0.2) is 4.99 Å². The fourth-order valence-corrected chi connectivity index (χ4v) is 2.94. The summed E-state index contributed by atoms with van der Waals surface area (Å²) in [6.45, 7) is 9.41. The Morgan fingerprint density at radius 1 is 1.00 bits per heavy atom. The number of carbonyl (C=O) groups excluding carboxylic acids is 1.